The molecule has 29 heavy (non-hydrogen) atoms. The second-order valence-electron chi connectivity index (χ2n) is 8.93. The third-order valence-corrected chi connectivity index (χ3v) is 6.34. The summed E-state index contributed by atoms with van der Waals surface area (Å²) in [6.07, 6.45) is 2.32. The van der Waals surface area contributed by atoms with Crippen LogP contribution in [-0.2, 0) is 4.74 Å². The molecule has 0 N–H and O–H groups in total. The Kier molecular flexibility index (Phi) is 4.13. The van der Waals surface area contributed by atoms with Crippen molar-refractivity contribution in [1.29, 1.82) is 0 Å². The Morgan fingerprint density at radius 1 is 1.21 bits per heavy atom. The summed E-state index contributed by atoms with van der Waals surface area (Å²) in [7, 11) is 0. The van der Waals surface area contributed by atoms with Crippen molar-refractivity contribution < 1.29 is 13.9 Å². The molecule has 2 aromatic heterocycles. The quantitative estimate of drug-likeness (QED) is 0.495. The third kappa shape index (κ3) is 3.08. The maximum absolute atomic E-state index is 14.5. The monoisotopic (exact) mass is 439 g/mol. The summed E-state index contributed by atoms with van der Waals surface area (Å²) in [6.45, 7) is 6.75. The van der Waals surface area contributed by atoms with Crippen molar-refractivity contribution in [2.45, 2.75) is 44.9 Å². The van der Waals surface area contributed by atoms with Crippen LogP contribution >= 0.6 is 23.2 Å². The van der Waals surface area contributed by atoms with Gasteiger partial charge in [-0.3, -0.25) is 4.90 Å². The van der Waals surface area contributed by atoms with E-state index in [4.69, 9.17) is 27.9 Å². The van der Waals surface area contributed by atoms with E-state index in [0.29, 0.717) is 36.1 Å². The topological polar surface area (TPSA) is 71.5 Å². The van der Waals surface area contributed by atoms with Gasteiger partial charge in [-0.1, -0.05) is 11.6 Å². The van der Waals surface area contributed by atoms with Gasteiger partial charge < -0.3 is 9.64 Å². The molecule has 2 aromatic rings. The van der Waals surface area contributed by atoms with Crippen molar-refractivity contribution in [3.05, 3.63) is 22.5 Å². The number of hydrogen-bond donors (Lipinski definition) is 0. The van der Waals surface area contributed by atoms with E-state index in [1.54, 1.807) is 0 Å². The van der Waals surface area contributed by atoms with Gasteiger partial charge in [0.2, 0.25) is 5.28 Å². The summed E-state index contributed by atoms with van der Waals surface area (Å²) in [5.41, 5.74) is -0.497. The minimum Gasteiger partial charge on any atom is -0.444 e. The molecule has 154 valence electrons. The fourth-order valence-corrected chi connectivity index (χ4v) is 5.05. The first-order valence-electron chi connectivity index (χ1n) is 9.57. The number of fused-ring (bicyclic) bond motifs is 6. The number of piperidine rings is 1. The number of halogens is 3. The number of hydrogen-bond acceptors (Lipinski definition) is 6. The van der Waals surface area contributed by atoms with Crippen LogP contribution in [-0.4, -0.2) is 56.7 Å². The van der Waals surface area contributed by atoms with Gasteiger partial charge in [-0.15, -0.1) is 0 Å². The van der Waals surface area contributed by atoms with Gasteiger partial charge in [-0.25, -0.2) is 19.2 Å². The smallest absolute Gasteiger partial charge is 0.410 e. The summed E-state index contributed by atoms with van der Waals surface area (Å²) in [5, 5.41) is 0.144. The van der Waals surface area contributed by atoms with E-state index in [1.165, 1.54) is 6.20 Å². The van der Waals surface area contributed by atoms with Crippen LogP contribution in [0.4, 0.5) is 15.0 Å². The Balaban J connectivity index is 1.49. The zero-order valence-electron chi connectivity index (χ0n) is 16.2. The van der Waals surface area contributed by atoms with Crippen LogP contribution < -0.4 is 4.90 Å². The number of amides is 1. The predicted octanol–water partition coefficient (Wildman–Crippen LogP) is 3.91. The molecule has 0 unspecified atom stereocenters. The summed E-state index contributed by atoms with van der Waals surface area (Å²) >= 11 is 11.9. The van der Waals surface area contributed by atoms with E-state index in [2.05, 4.69) is 15.0 Å². The Bertz CT molecular complexity index is 1010. The van der Waals surface area contributed by atoms with Crippen molar-refractivity contribution in [1.82, 2.24) is 19.9 Å². The van der Waals surface area contributed by atoms with E-state index < -0.39 is 11.4 Å². The molecule has 1 aliphatic carbocycles. The molecule has 2 saturated heterocycles. The molecule has 2 aliphatic heterocycles. The van der Waals surface area contributed by atoms with E-state index in [9.17, 15) is 9.18 Å². The number of nitrogens with zero attached hydrogens (tertiary/aromatic N) is 5. The Morgan fingerprint density at radius 2 is 1.86 bits per heavy atom. The molecule has 0 spiro atoms. The predicted molar refractivity (Wildman–Crippen MR) is 107 cm³/mol. The van der Waals surface area contributed by atoms with Gasteiger partial charge in [0.05, 0.1) is 17.5 Å². The molecule has 1 saturated carbocycles. The average molecular weight is 440 g/mol. The summed E-state index contributed by atoms with van der Waals surface area (Å²) in [4.78, 5) is 29.0. The number of anilines is 1. The Hall–Kier alpha value is -1.93. The van der Waals surface area contributed by atoms with Crippen LogP contribution in [0.1, 0.15) is 27.2 Å². The molecule has 0 radical (unpaired) electrons. The molecule has 7 nitrogen and oxygen atoms in total. The zero-order chi connectivity index (χ0) is 20.7. The third-order valence-electron chi connectivity index (χ3n) is 5.91. The van der Waals surface area contributed by atoms with Crippen LogP contribution in [0, 0.1) is 17.7 Å². The highest BCUT2D eigenvalue weighted by Gasteiger charge is 2.63. The molecule has 0 aromatic carbocycles. The number of ether oxygens (including phenoxy) is 1. The van der Waals surface area contributed by atoms with Crippen molar-refractivity contribution in [3.8, 4) is 0 Å². The molecule has 1 amide bonds. The van der Waals surface area contributed by atoms with Gasteiger partial charge in [0.15, 0.2) is 11.0 Å². The maximum atomic E-state index is 14.5. The Morgan fingerprint density at radius 3 is 2.48 bits per heavy atom. The number of carbonyl (C=O) groups excluding carboxylic acids is 1. The lowest BCUT2D eigenvalue weighted by atomic mass is 10.1. The molecular weight excluding hydrogens is 420 g/mol. The number of piperazine rings is 1. The van der Waals surface area contributed by atoms with Crippen LogP contribution in [0.2, 0.25) is 10.4 Å². The van der Waals surface area contributed by atoms with Crippen LogP contribution in [0.25, 0.3) is 10.9 Å². The van der Waals surface area contributed by atoms with E-state index >= 15 is 0 Å². The second kappa shape index (κ2) is 6.28. The first-order valence-corrected chi connectivity index (χ1v) is 10.3. The fraction of sp³-hybridized carbons (Fsp3) is 0.579. The molecule has 3 fully saturated rings. The van der Waals surface area contributed by atoms with Gasteiger partial charge in [0, 0.05) is 19.3 Å². The maximum Gasteiger partial charge on any atom is 0.410 e. The molecule has 10 heteroatoms. The van der Waals surface area contributed by atoms with Crippen molar-refractivity contribution >= 4 is 46.0 Å². The highest BCUT2D eigenvalue weighted by atomic mass is 35.5. The lowest BCUT2D eigenvalue weighted by molar-refractivity contribution is 0.00677. The first-order chi connectivity index (χ1) is 13.6. The van der Waals surface area contributed by atoms with Gasteiger partial charge in [-0.05, 0) is 50.6 Å². The van der Waals surface area contributed by atoms with E-state index in [0.717, 1.165) is 6.42 Å². The molecule has 2 bridgehead atoms. The van der Waals surface area contributed by atoms with E-state index in [1.807, 2.05) is 30.6 Å². The lowest BCUT2D eigenvalue weighted by Crippen LogP contribution is -2.59. The second-order valence-corrected chi connectivity index (χ2v) is 9.63. The summed E-state index contributed by atoms with van der Waals surface area (Å²) < 4.78 is 20.1. The molecule has 4 heterocycles. The largest absolute Gasteiger partial charge is 0.444 e. The summed E-state index contributed by atoms with van der Waals surface area (Å²) in [5.74, 6) is 0.729. The van der Waals surface area contributed by atoms with Crippen molar-refractivity contribution in [2.75, 3.05) is 18.0 Å². The van der Waals surface area contributed by atoms with Crippen LogP contribution in [0.5, 0.6) is 0 Å². The average Bonchev–Trinajstić information content (AvgIpc) is 3.39. The molecule has 3 aliphatic rings. The normalized spacial score (nSPS) is 27.9. The minimum absolute atomic E-state index is 0.0301. The summed E-state index contributed by atoms with van der Waals surface area (Å²) in [6, 6.07) is 0.0602. The number of rotatable bonds is 1. The molecular formula is C19H20Cl2FN5O2. The van der Waals surface area contributed by atoms with E-state index in [-0.39, 0.29) is 34.1 Å². The zero-order valence-corrected chi connectivity index (χ0v) is 17.7. The standard InChI is InChI=1S/C19H20Cl2FN5O2/c1-19(2,3)29-18(28)27-11-6-26(7-12(27)9-4-8(9)11)16-10-5-23-15(20)13(22)14(10)24-17(21)25-16/h5,8-9,11-12H,4,6-7H2,1-3H3/t8-,9+,11-,12+. The van der Waals surface area contributed by atoms with Crippen molar-refractivity contribution in [3.63, 3.8) is 0 Å². The fourth-order valence-electron chi connectivity index (χ4n) is 4.74. The Labute approximate surface area is 177 Å². The van der Waals surface area contributed by atoms with Gasteiger partial charge in [0.25, 0.3) is 0 Å². The van der Waals surface area contributed by atoms with Gasteiger partial charge >= 0.3 is 6.09 Å². The van der Waals surface area contributed by atoms with Crippen LogP contribution in [0.3, 0.4) is 0 Å². The van der Waals surface area contributed by atoms with Gasteiger partial charge in [0.1, 0.15) is 16.9 Å². The van der Waals surface area contributed by atoms with Gasteiger partial charge in [-0.2, -0.15) is 4.98 Å². The first kappa shape index (κ1) is 19.1. The van der Waals surface area contributed by atoms with Crippen molar-refractivity contribution in [2.24, 2.45) is 11.8 Å². The number of aromatic nitrogens is 3. The number of pyridine rings is 1. The minimum atomic E-state index is -0.715. The SMILES string of the molecule is CC(C)(C)OC(=O)N1[C@@H]2CN(c3nc(Cl)nc4c(F)c(Cl)ncc34)C[C@H]1[C@H]1C[C@H]12. The molecule has 5 rings (SSSR count). The van der Waals surface area contributed by atoms with Crippen LogP contribution in [0.15, 0.2) is 6.20 Å². The highest BCUT2D eigenvalue weighted by molar-refractivity contribution is 6.30. The lowest BCUT2D eigenvalue weighted by Gasteiger charge is -2.44. The molecule has 4 atom stereocenters. The number of carbonyl (C=O) groups is 1. The highest BCUT2D eigenvalue weighted by Crippen LogP contribution is 2.56.